The number of carboxylic acids is 1. The molecule has 3 rings (SSSR count). The Bertz CT molecular complexity index is 1010. The number of hydrogen-bond donors (Lipinski definition) is 3. The van der Waals surface area contributed by atoms with E-state index in [-0.39, 0.29) is 18.4 Å². The van der Waals surface area contributed by atoms with Crippen LogP contribution in [0.15, 0.2) is 48.5 Å². The highest BCUT2D eigenvalue weighted by Crippen LogP contribution is 2.44. The Labute approximate surface area is 206 Å². The Balaban J connectivity index is 1.68. The van der Waals surface area contributed by atoms with Crippen molar-refractivity contribution in [2.24, 2.45) is 5.92 Å². The molecule has 0 saturated heterocycles. The maximum atomic E-state index is 13.0. The lowest BCUT2D eigenvalue weighted by molar-refractivity contribution is -0.143. The second-order valence-corrected chi connectivity index (χ2v) is 9.32. The first-order valence-corrected chi connectivity index (χ1v) is 12.0. The first-order valence-electron chi connectivity index (χ1n) is 12.0. The molecule has 0 radical (unpaired) electrons. The van der Waals surface area contributed by atoms with Crippen LogP contribution in [0.2, 0.25) is 0 Å². The molecule has 0 saturated carbocycles. The molecule has 3 atom stereocenters. The molecular weight excluding hydrogens is 446 g/mol. The number of nitrogens with one attached hydrogen (secondary N) is 2. The van der Waals surface area contributed by atoms with Crippen LogP contribution in [0.25, 0.3) is 11.1 Å². The van der Waals surface area contributed by atoms with Crippen molar-refractivity contribution in [3.63, 3.8) is 0 Å². The summed E-state index contributed by atoms with van der Waals surface area (Å²) in [4.78, 5) is 39.3. The lowest BCUT2D eigenvalue weighted by Gasteiger charge is -2.25. The summed E-state index contributed by atoms with van der Waals surface area (Å²) in [7, 11) is 3.73. The molecule has 0 aromatic heterocycles. The van der Waals surface area contributed by atoms with Crippen LogP contribution in [0, 0.1) is 5.92 Å². The minimum Gasteiger partial charge on any atom is -0.480 e. The molecular formula is C27H35N3O5. The van der Waals surface area contributed by atoms with Gasteiger partial charge in [-0.25, -0.2) is 9.59 Å². The normalized spacial score (nSPS) is 15.0. The van der Waals surface area contributed by atoms with Crippen LogP contribution in [0.3, 0.4) is 0 Å². The number of carbonyl (C=O) groups is 3. The fourth-order valence-electron chi connectivity index (χ4n) is 4.38. The standard InChI is InChI=1S/C27H35N3O5/c1-5-17(2)24(26(32)33)29-25(31)23(14-15-30(3)4)28-27(34)35-16-22-20-12-8-6-10-18(20)19-11-7-9-13-21(19)22/h6-13,17,22-24H,5,14-16H2,1-4H3,(H,28,34)(H,29,31)(H,32,33). The van der Waals surface area contributed by atoms with Crippen LogP contribution in [0.5, 0.6) is 0 Å². The van der Waals surface area contributed by atoms with E-state index in [4.69, 9.17) is 4.74 Å². The summed E-state index contributed by atoms with van der Waals surface area (Å²) >= 11 is 0. The molecule has 2 amide bonds. The Morgan fingerprint density at radius 2 is 1.57 bits per heavy atom. The highest BCUT2D eigenvalue weighted by Gasteiger charge is 2.31. The molecule has 1 aliphatic carbocycles. The van der Waals surface area contributed by atoms with Crippen molar-refractivity contribution in [2.45, 2.75) is 44.7 Å². The van der Waals surface area contributed by atoms with Crippen LogP contribution in [-0.4, -0.2) is 67.3 Å². The maximum absolute atomic E-state index is 13.0. The molecule has 3 unspecified atom stereocenters. The smallest absolute Gasteiger partial charge is 0.407 e. The van der Waals surface area contributed by atoms with E-state index >= 15 is 0 Å². The number of nitrogens with zero attached hydrogens (tertiary/aromatic N) is 1. The van der Waals surface area contributed by atoms with E-state index in [2.05, 4.69) is 22.8 Å². The number of fused-ring (bicyclic) bond motifs is 3. The van der Waals surface area contributed by atoms with Crippen molar-refractivity contribution in [3.8, 4) is 11.1 Å². The first kappa shape index (κ1) is 26.2. The summed E-state index contributed by atoms with van der Waals surface area (Å²) in [6.07, 6.45) is 0.205. The van der Waals surface area contributed by atoms with Gasteiger partial charge in [-0.05, 0) is 55.2 Å². The number of hydrogen-bond acceptors (Lipinski definition) is 5. The van der Waals surface area contributed by atoms with Gasteiger partial charge in [-0.15, -0.1) is 0 Å². The molecule has 3 N–H and O–H groups in total. The molecule has 188 valence electrons. The van der Waals surface area contributed by atoms with Crippen molar-refractivity contribution in [2.75, 3.05) is 27.2 Å². The van der Waals surface area contributed by atoms with Crippen LogP contribution in [0.1, 0.15) is 43.7 Å². The van der Waals surface area contributed by atoms with E-state index in [1.165, 1.54) is 0 Å². The minimum absolute atomic E-state index is 0.0935. The predicted molar refractivity (Wildman–Crippen MR) is 134 cm³/mol. The van der Waals surface area contributed by atoms with Gasteiger partial charge in [0.25, 0.3) is 0 Å². The van der Waals surface area contributed by atoms with Gasteiger partial charge in [0, 0.05) is 5.92 Å². The van der Waals surface area contributed by atoms with Crippen LogP contribution < -0.4 is 10.6 Å². The molecule has 2 aromatic carbocycles. The average Bonchev–Trinajstić information content (AvgIpc) is 3.16. The molecule has 0 fully saturated rings. The predicted octanol–water partition coefficient (Wildman–Crippen LogP) is 3.46. The zero-order chi connectivity index (χ0) is 25.5. The quantitative estimate of drug-likeness (QED) is 0.454. The van der Waals surface area contributed by atoms with Crippen molar-refractivity contribution in [1.29, 1.82) is 0 Å². The van der Waals surface area contributed by atoms with Crippen LogP contribution in [0.4, 0.5) is 4.79 Å². The maximum Gasteiger partial charge on any atom is 0.407 e. The molecule has 2 aromatic rings. The van der Waals surface area contributed by atoms with Crippen LogP contribution >= 0.6 is 0 Å². The zero-order valence-corrected chi connectivity index (χ0v) is 20.8. The summed E-state index contributed by atoms with van der Waals surface area (Å²) < 4.78 is 5.59. The molecule has 0 aliphatic heterocycles. The van der Waals surface area contributed by atoms with Gasteiger partial charge in [-0.3, -0.25) is 4.79 Å². The molecule has 0 bridgehead atoms. The van der Waals surface area contributed by atoms with Crippen LogP contribution in [-0.2, 0) is 14.3 Å². The second kappa shape index (κ2) is 11.8. The summed E-state index contributed by atoms with van der Waals surface area (Å²) in [5.41, 5.74) is 4.46. The molecule has 8 nitrogen and oxygen atoms in total. The summed E-state index contributed by atoms with van der Waals surface area (Å²) in [6.45, 7) is 4.30. The van der Waals surface area contributed by atoms with Gasteiger partial charge >= 0.3 is 12.1 Å². The minimum atomic E-state index is -1.10. The van der Waals surface area contributed by atoms with E-state index in [1.54, 1.807) is 6.92 Å². The van der Waals surface area contributed by atoms with Crippen molar-refractivity contribution in [1.82, 2.24) is 15.5 Å². The van der Waals surface area contributed by atoms with Crippen molar-refractivity contribution < 1.29 is 24.2 Å². The Hall–Kier alpha value is -3.39. The van der Waals surface area contributed by atoms with Gasteiger partial charge in [-0.2, -0.15) is 0 Å². The number of carboxylic acid groups (broad SMARTS) is 1. The largest absolute Gasteiger partial charge is 0.480 e. The average molecular weight is 482 g/mol. The second-order valence-electron chi connectivity index (χ2n) is 9.32. The molecule has 1 aliphatic rings. The number of amides is 2. The van der Waals surface area contributed by atoms with E-state index in [0.29, 0.717) is 19.4 Å². The third-order valence-electron chi connectivity index (χ3n) is 6.59. The highest BCUT2D eigenvalue weighted by molar-refractivity contribution is 5.89. The number of rotatable bonds is 11. The summed E-state index contributed by atoms with van der Waals surface area (Å²) in [6, 6.07) is 14.2. The number of aliphatic carboxylic acids is 1. The number of ether oxygens (including phenoxy) is 1. The first-order chi connectivity index (χ1) is 16.7. The van der Waals surface area contributed by atoms with Gasteiger partial charge in [0.15, 0.2) is 0 Å². The van der Waals surface area contributed by atoms with Gasteiger partial charge in [0.2, 0.25) is 5.91 Å². The summed E-state index contributed by atoms with van der Waals surface area (Å²) in [5, 5.41) is 14.8. The van der Waals surface area contributed by atoms with Crippen molar-refractivity contribution in [3.05, 3.63) is 59.7 Å². The molecule has 0 heterocycles. The topological polar surface area (TPSA) is 108 Å². The Morgan fingerprint density at radius 1 is 1.00 bits per heavy atom. The van der Waals surface area contributed by atoms with Crippen molar-refractivity contribution >= 4 is 18.0 Å². The fraction of sp³-hybridized carbons (Fsp3) is 0.444. The van der Waals surface area contributed by atoms with E-state index < -0.39 is 30.1 Å². The Kier molecular flexibility index (Phi) is 8.87. The lowest BCUT2D eigenvalue weighted by atomic mass is 9.98. The molecule has 0 spiro atoms. The van der Waals surface area contributed by atoms with Gasteiger partial charge in [0.1, 0.15) is 18.7 Å². The van der Waals surface area contributed by atoms with Gasteiger partial charge in [-0.1, -0.05) is 68.8 Å². The number of alkyl carbamates (subject to hydrolysis) is 1. The lowest BCUT2D eigenvalue weighted by Crippen LogP contribution is -2.54. The molecule has 35 heavy (non-hydrogen) atoms. The fourth-order valence-corrected chi connectivity index (χ4v) is 4.38. The van der Waals surface area contributed by atoms with E-state index in [0.717, 1.165) is 22.3 Å². The van der Waals surface area contributed by atoms with Gasteiger partial charge < -0.3 is 25.4 Å². The van der Waals surface area contributed by atoms with E-state index in [9.17, 15) is 19.5 Å². The number of benzene rings is 2. The zero-order valence-electron chi connectivity index (χ0n) is 20.8. The van der Waals surface area contributed by atoms with E-state index in [1.807, 2.05) is 62.3 Å². The third kappa shape index (κ3) is 6.39. The van der Waals surface area contributed by atoms with Gasteiger partial charge in [0.05, 0.1) is 0 Å². The highest BCUT2D eigenvalue weighted by atomic mass is 16.5. The summed E-state index contributed by atoms with van der Waals surface area (Å²) in [5.74, 6) is -1.97. The number of carbonyl (C=O) groups excluding carboxylic acids is 2. The molecule has 8 heteroatoms. The SMILES string of the molecule is CCC(C)C(NC(=O)C(CCN(C)C)NC(=O)OCC1c2ccccc2-c2ccccc21)C(=O)O. The Morgan fingerprint density at radius 3 is 2.09 bits per heavy atom. The monoisotopic (exact) mass is 481 g/mol. The third-order valence-corrected chi connectivity index (χ3v) is 6.59.